The highest BCUT2D eigenvalue weighted by atomic mass is 16.5. The van der Waals surface area contributed by atoms with Gasteiger partial charge < -0.3 is 25.0 Å². The third-order valence-electron chi connectivity index (χ3n) is 4.65. The smallest absolute Gasteiger partial charge is 0.253 e. The molecule has 1 aromatic rings. The number of hydrogen-bond acceptors (Lipinski definition) is 4. The maximum absolute atomic E-state index is 12.1. The van der Waals surface area contributed by atoms with E-state index in [1.54, 1.807) is 26.0 Å². The second kappa shape index (κ2) is 12.4. The second-order valence-corrected chi connectivity index (χ2v) is 7.23. The number of carbonyl (C=O) groups is 1. The molecular formula is C21H34N4O3. The molecule has 1 amide bonds. The van der Waals surface area contributed by atoms with Gasteiger partial charge in [-0.25, -0.2) is 0 Å². The first kappa shape index (κ1) is 22.2. The summed E-state index contributed by atoms with van der Waals surface area (Å²) in [6.45, 7) is 4.80. The van der Waals surface area contributed by atoms with E-state index in [0.29, 0.717) is 11.5 Å². The molecule has 1 fully saturated rings. The lowest BCUT2D eigenvalue weighted by Crippen LogP contribution is -2.39. The number of guanidine groups is 1. The molecule has 1 aromatic carbocycles. The Kier molecular flexibility index (Phi) is 9.79. The molecule has 0 aliphatic carbocycles. The van der Waals surface area contributed by atoms with Crippen LogP contribution < -0.4 is 10.6 Å². The largest absolute Gasteiger partial charge is 0.381 e. The van der Waals surface area contributed by atoms with Crippen LogP contribution in [0.25, 0.3) is 0 Å². The lowest BCUT2D eigenvalue weighted by Gasteiger charge is -2.13. The topological polar surface area (TPSA) is 75.2 Å². The van der Waals surface area contributed by atoms with E-state index in [9.17, 15) is 4.79 Å². The quantitative estimate of drug-likeness (QED) is 0.360. The van der Waals surface area contributed by atoms with Crippen molar-refractivity contribution in [1.29, 1.82) is 0 Å². The number of hydrogen-bond donors (Lipinski definition) is 2. The standard InChI is InChI=1S/C21H34N4O3/c1-22-21(23-10-5-12-27-15-18-9-13-28-16-18)24-11-8-17-6-4-7-19(14-17)20(26)25(2)3/h4,6-7,14,18H,5,8-13,15-16H2,1-3H3,(H2,22,23,24). The molecule has 1 saturated heterocycles. The average molecular weight is 391 g/mol. The molecule has 0 radical (unpaired) electrons. The van der Waals surface area contributed by atoms with Crippen molar-refractivity contribution in [2.45, 2.75) is 19.3 Å². The normalized spacial score (nSPS) is 16.8. The van der Waals surface area contributed by atoms with E-state index in [2.05, 4.69) is 15.6 Å². The van der Waals surface area contributed by atoms with Gasteiger partial charge in [0.25, 0.3) is 5.91 Å². The van der Waals surface area contributed by atoms with E-state index in [0.717, 1.165) is 70.3 Å². The molecule has 1 aliphatic heterocycles. The number of aliphatic imine (C=N–C) groups is 1. The molecule has 28 heavy (non-hydrogen) atoms. The van der Waals surface area contributed by atoms with E-state index in [-0.39, 0.29) is 5.91 Å². The molecule has 7 heteroatoms. The first-order chi connectivity index (χ1) is 13.6. The molecule has 1 atom stereocenters. The molecule has 2 N–H and O–H groups in total. The molecule has 0 bridgehead atoms. The molecule has 0 saturated carbocycles. The summed E-state index contributed by atoms with van der Waals surface area (Å²) >= 11 is 0. The summed E-state index contributed by atoms with van der Waals surface area (Å²) in [5.74, 6) is 1.37. The zero-order valence-electron chi connectivity index (χ0n) is 17.4. The van der Waals surface area contributed by atoms with Gasteiger partial charge in [0.1, 0.15) is 0 Å². The van der Waals surface area contributed by atoms with Crippen molar-refractivity contribution in [2.24, 2.45) is 10.9 Å². The minimum Gasteiger partial charge on any atom is -0.381 e. The monoisotopic (exact) mass is 390 g/mol. The Hall–Kier alpha value is -2.12. The number of amides is 1. The van der Waals surface area contributed by atoms with Crippen LogP contribution >= 0.6 is 0 Å². The first-order valence-corrected chi connectivity index (χ1v) is 10.0. The van der Waals surface area contributed by atoms with Crippen molar-refractivity contribution in [3.05, 3.63) is 35.4 Å². The predicted molar refractivity (Wildman–Crippen MR) is 112 cm³/mol. The Balaban J connectivity index is 1.60. The highest BCUT2D eigenvalue weighted by Gasteiger charge is 2.15. The average Bonchev–Trinajstić information content (AvgIpc) is 3.22. The van der Waals surface area contributed by atoms with Crippen molar-refractivity contribution in [3.63, 3.8) is 0 Å². The summed E-state index contributed by atoms with van der Waals surface area (Å²) in [7, 11) is 5.29. The zero-order chi connectivity index (χ0) is 20.2. The molecule has 1 unspecified atom stereocenters. The fourth-order valence-corrected chi connectivity index (χ4v) is 3.01. The number of carbonyl (C=O) groups excluding carboxylic acids is 1. The summed E-state index contributed by atoms with van der Waals surface area (Å²) < 4.78 is 11.1. The third kappa shape index (κ3) is 7.86. The van der Waals surface area contributed by atoms with E-state index in [1.165, 1.54) is 0 Å². The molecule has 1 aliphatic rings. The summed E-state index contributed by atoms with van der Waals surface area (Å²) in [5, 5.41) is 6.61. The van der Waals surface area contributed by atoms with Gasteiger partial charge in [0.2, 0.25) is 0 Å². The highest BCUT2D eigenvalue weighted by molar-refractivity contribution is 5.94. The Bertz CT molecular complexity index is 628. The van der Waals surface area contributed by atoms with E-state index in [4.69, 9.17) is 9.47 Å². The Morgan fingerprint density at radius 1 is 1.32 bits per heavy atom. The van der Waals surface area contributed by atoms with E-state index < -0.39 is 0 Å². The molecule has 156 valence electrons. The van der Waals surface area contributed by atoms with Gasteiger partial charge in [-0.15, -0.1) is 0 Å². The van der Waals surface area contributed by atoms with Crippen molar-refractivity contribution in [1.82, 2.24) is 15.5 Å². The second-order valence-electron chi connectivity index (χ2n) is 7.23. The fraction of sp³-hybridized carbons (Fsp3) is 0.619. The van der Waals surface area contributed by atoms with Crippen molar-refractivity contribution >= 4 is 11.9 Å². The summed E-state index contributed by atoms with van der Waals surface area (Å²) in [6.07, 6.45) is 2.87. The zero-order valence-corrected chi connectivity index (χ0v) is 17.4. The Morgan fingerprint density at radius 3 is 2.86 bits per heavy atom. The van der Waals surface area contributed by atoms with Gasteiger partial charge in [-0.05, 0) is 37.0 Å². The van der Waals surface area contributed by atoms with Gasteiger partial charge in [-0.1, -0.05) is 12.1 Å². The summed E-state index contributed by atoms with van der Waals surface area (Å²) in [6, 6.07) is 7.77. The lowest BCUT2D eigenvalue weighted by molar-refractivity contribution is 0.0827. The minimum absolute atomic E-state index is 0.0231. The Morgan fingerprint density at radius 2 is 2.14 bits per heavy atom. The summed E-state index contributed by atoms with van der Waals surface area (Å²) in [5.41, 5.74) is 1.84. The molecule has 7 nitrogen and oxygen atoms in total. The van der Waals surface area contributed by atoms with Crippen LogP contribution in [0.5, 0.6) is 0 Å². The van der Waals surface area contributed by atoms with Gasteiger partial charge in [-0.3, -0.25) is 9.79 Å². The van der Waals surface area contributed by atoms with Crippen LogP contribution in [0, 0.1) is 5.92 Å². The number of rotatable bonds is 10. The fourth-order valence-electron chi connectivity index (χ4n) is 3.01. The predicted octanol–water partition coefficient (Wildman–Crippen LogP) is 1.54. The van der Waals surface area contributed by atoms with Crippen molar-refractivity contribution in [2.75, 3.05) is 60.7 Å². The molecule has 0 aromatic heterocycles. The van der Waals surface area contributed by atoms with Gasteiger partial charge >= 0.3 is 0 Å². The maximum atomic E-state index is 12.1. The minimum atomic E-state index is 0.0231. The van der Waals surface area contributed by atoms with Gasteiger partial charge in [0, 0.05) is 58.9 Å². The highest BCUT2D eigenvalue weighted by Crippen LogP contribution is 2.12. The molecular weight excluding hydrogens is 356 g/mol. The molecule has 2 rings (SSSR count). The van der Waals surface area contributed by atoms with Crippen LogP contribution in [0.1, 0.15) is 28.8 Å². The number of nitrogens with one attached hydrogen (secondary N) is 2. The van der Waals surface area contributed by atoms with E-state index in [1.807, 2.05) is 24.3 Å². The number of ether oxygens (including phenoxy) is 2. The van der Waals surface area contributed by atoms with Crippen molar-refractivity contribution in [3.8, 4) is 0 Å². The number of benzene rings is 1. The Labute approximate surface area is 168 Å². The first-order valence-electron chi connectivity index (χ1n) is 10.0. The SMILES string of the molecule is CN=C(NCCCOCC1CCOC1)NCCc1cccc(C(=O)N(C)C)c1. The van der Waals surface area contributed by atoms with Crippen LogP contribution in [-0.4, -0.2) is 77.4 Å². The summed E-state index contributed by atoms with van der Waals surface area (Å²) in [4.78, 5) is 17.9. The maximum Gasteiger partial charge on any atom is 0.253 e. The van der Waals surface area contributed by atoms with Crippen LogP contribution in [-0.2, 0) is 15.9 Å². The molecule has 0 spiro atoms. The van der Waals surface area contributed by atoms with E-state index >= 15 is 0 Å². The number of nitrogens with zero attached hydrogens (tertiary/aromatic N) is 2. The third-order valence-corrected chi connectivity index (χ3v) is 4.65. The van der Waals surface area contributed by atoms with Gasteiger partial charge in [-0.2, -0.15) is 0 Å². The van der Waals surface area contributed by atoms with Crippen LogP contribution in [0.3, 0.4) is 0 Å². The van der Waals surface area contributed by atoms with Gasteiger partial charge in [0.15, 0.2) is 5.96 Å². The van der Waals surface area contributed by atoms with Crippen molar-refractivity contribution < 1.29 is 14.3 Å². The molecule has 1 heterocycles. The lowest BCUT2D eigenvalue weighted by atomic mass is 10.1. The van der Waals surface area contributed by atoms with Crippen LogP contribution in [0.15, 0.2) is 29.3 Å². The van der Waals surface area contributed by atoms with Crippen LogP contribution in [0.2, 0.25) is 0 Å². The van der Waals surface area contributed by atoms with Gasteiger partial charge in [0.05, 0.1) is 13.2 Å². The van der Waals surface area contributed by atoms with Crippen LogP contribution in [0.4, 0.5) is 0 Å².